The number of nitrogens with zero attached hydrogens (tertiary/aromatic N) is 5. The molecule has 1 unspecified atom stereocenters. The third-order valence-electron chi connectivity index (χ3n) is 6.17. The van der Waals surface area contributed by atoms with Crippen molar-refractivity contribution < 1.29 is 4.79 Å². The topological polar surface area (TPSA) is 71.3 Å². The summed E-state index contributed by atoms with van der Waals surface area (Å²) in [5.74, 6) is 0.822. The molecular formula is C22H29N5O2. The van der Waals surface area contributed by atoms with Crippen LogP contribution in [0.4, 0.5) is 0 Å². The molecule has 0 radical (unpaired) electrons. The molecule has 154 valence electrons. The predicted octanol–water partition coefficient (Wildman–Crippen LogP) is 1.89. The Labute approximate surface area is 171 Å². The Morgan fingerprint density at radius 1 is 1.07 bits per heavy atom. The number of rotatable bonds is 4. The molecule has 2 aliphatic heterocycles. The van der Waals surface area contributed by atoms with Gasteiger partial charge in [0.15, 0.2) is 0 Å². The highest BCUT2D eigenvalue weighted by Gasteiger charge is 2.30. The maximum absolute atomic E-state index is 12.8. The van der Waals surface area contributed by atoms with Gasteiger partial charge in [-0.2, -0.15) is 5.10 Å². The summed E-state index contributed by atoms with van der Waals surface area (Å²) in [6.07, 6.45) is 7.40. The van der Waals surface area contributed by atoms with Crippen LogP contribution in [0.15, 0.2) is 41.5 Å². The van der Waals surface area contributed by atoms with Crippen LogP contribution in [-0.4, -0.2) is 63.7 Å². The molecule has 7 nitrogen and oxygen atoms in total. The molecule has 0 N–H and O–H groups in total. The molecule has 2 fully saturated rings. The van der Waals surface area contributed by atoms with E-state index < -0.39 is 0 Å². The molecule has 0 aromatic carbocycles. The third-order valence-corrected chi connectivity index (χ3v) is 6.17. The fourth-order valence-electron chi connectivity index (χ4n) is 4.46. The number of hydrogen-bond donors (Lipinski definition) is 0. The molecule has 2 aromatic rings. The number of piperidine rings is 2. The summed E-state index contributed by atoms with van der Waals surface area (Å²) in [6, 6.07) is 7.13. The van der Waals surface area contributed by atoms with Gasteiger partial charge in [-0.05, 0) is 63.4 Å². The summed E-state index contributed by atoms with van der Waals surface area (Å²) in [5, 5.41) is 4.56. The second-order valence-corrected chi connectivity index (χ2v) is 8.34. The van der Waals surface area contributed by atoms with Gasteiger partial charge in [0.25, 0.3) is 5.56 Å². The second-order valence-electron chi connectivity index (χ2n) is 8.34. The Morgan fingerprint density at radius 2 is 1.83 bits per heavy atom. The first kappa shape index (κ1) is 19.8. The Morgan fingerprint density at radius 3 is 2.55 bits per heavy atom. The lowest BCUT2D eigenvalue weighted by atomic mass is 9.93. The van der Waals surface area contributed by atoms with Crippen molar-refractivity contribution >= 4 is 5.91 Å². The Kier molecular flexibility index (Phi) is 6.04. The number of amides is 1. The molecule has 2 aliphatic rings. The number of aromatic nitrogens is 3. The number of likely N-dealkylation sites (tertiary alicyclic amines) is 2. The molecule has 4 rings (SSSR count). The Hall–Kier alpha value is -2.54. The van der Waals surface area contributed by atoms with Gasteiger partial charge in [0, 0.05) is 50.2 Å². The van der Waals surface area contributed by atoms with Gasteiger partial charge in [0.2, 0.25) is 5.91 Å². The summed E-state index contributed by atoms with van der Waals surface area (Å²) in [5.41, 5.74) is 1.65. The van der Waals surface area contributed by atoms with Crippen LogP contribution in [0, 0.1) is 11.8 Å². The van der Waals surface area contributed by atoms with Gasteiger partial charge in [-0.3, -0.25) is 14.6 Å². The Bertz CT molecular complexity index is 890. The first-order chi connectivity index (χ1) is 14.1. The maximum atomic E-state index is 12.8. The highest BCUT2D eigenvalue weighted by atomic mass is 16.2. The molecule has 7 heteroatoms. The SMILES string of the molecule is CN1CCCC(C(=O)N2CCC(Cn3nc(-c4ccncc4)ccc3=O)CC2)C1. The van der Waals surface area contributed by atoms with Gasteiger partial charge in [0.1, 0.15) is 0 Å². The van der Waals surface area contributed by atoms with E-state index in [2.05, 4.69) is 22.0 Å². The van der Waals surface area contributed by atoms with E-state index in [1.165, 1.54) is 0 Å². The van der Waals surface area contributed by atoms with Crippen LogP contribution in [0.2, 0.25) is 0 Å². The monoisotopic (exact) mass is 395 g/mol. The van der Waals surface area contributed by atoms with Gasteiger partial charge in [-0.1, -0.05) is 0 Å². The zero-order chi connectivity index (χ0) is 20.2. The van der Waals surface area contributed by atoms with E-state index in [4.69, 9.17) is 0 Å². The summed E-state index contributed by atoms with van der Waals surface area (Å²) in [4.78, 5) is 33.5. The van der Waals surface area contributed by atoms with Crippen LogP contribution >= 0.6 is 0 Å². The molecule has 0 spiro atoms. The third kappa shape index (κ3) is 4.72. The van der Waals surface area contributed by atoms with Crippen LogP contribution in [-0.2, 0) is 11.3 Å². The molecule has 4 heterocycles. The standard InChI is InChI=1S/C22H29N5O2/c1-25-12-2-3-19(16-25)22(29)26-13-8-17(9-14-26)15-27-21(28)5-4-20(24-27)18-6-10-23-11-7-18/h4-7,10-11,17,19H,2-3,8-9,12-16H2,1H3. The highest BCUT2D eigenvalue weighted by molar-refractivity contribution is 5.79. The van der Waals surface area contributed by atoms with Crippen LogP contribution in [0.5, 0.6) is 0 Å². The minimum atomic E-state index is -0.0773. The van der Waals surface area contributed by atoms with E-state index in [1.807, 2.05) is 17.0 Å². The van der Waals surface area contributed by atoms with Crippen LogP contribution in [0.25, 0.3) is 11.3 Å². The lowest BCUT2D eigenvalue weighted by molar-refractivity contribution is -0.138. The van der Waals surface area contributed by atoms with E-state index in [-0.39, 0.29) is 11.5 Å². The summed E-state index contributed by atoms with van der Waals surface area (Å²) in [6.45, 7) is 4.13. The Balaban J connectivity index is 1.36. The van der Waals surface area contributed by atoms with Gasteiger partial charge >= 0.3 is 0 Å². The zero-order valence-electron chi connectivity index (χ0n) is 17.0. The van der Waals surface area contributed by atoms with Crippen molar-refractivity contribution in [2.75, 3.05) is 33.2 Å². The van der Waals surface area contributed by atoms with Crippen LogP contribution in [0.3, 0.4) is 0 Å². The van der Waals surface area contributed by atoms with Crippen molar-refractivity contribution in [3.63, 3.8) is 0 Å². The number of carbonyl (C=O) groups is 1. The van der Waals surface area contributed by atoms with Crippen molar-refractivity contribution in [3.8, 4) is 11.3 Å². The molecule has 1 amide bonds. The first-order valence-electron chi connectivity index (χ1n) is 10.6. The first-order valence-corrected chi connectivity index (χ1v) is 10.6. The summed E-state index contributed by atoms with van der Waals surface area (Å²) >= 11 is 0. The average Bonchev–Trinajstić information content (AvgIpc) is 2.76. The van der Waals surface area contributed by atoms with Crippen molar-refractivity contribution in [2.45, 2.75) is 32.2 Å². The van der Waals surface area contributed by atoms with E-state index in [0.29, 0.717) is 18.4 Å². The van der Waals surface area contributed by atoms with E-state index in [1.54, 1.807) is 29.2 Å². The lowest BCUT2D eigenvalue weighted by Crippen LogP contribution is -2.47. The van der Waals surface area contributed by atoms with Crippen molar-refractivity contribution in [1.82, 2.24) is 24.6 Å². The number of pyridine rings is 1. The average molecular weight is 396 g/mol. The predicted molar refractivity (Wildman–Crippen MR) is 111 cm³/mol. The second kappa shape index (κ2) is 8.86. The molecule has 2 aromatic heterocycles. The minimum Gasteiger partial charge on any atom is -0.342 e. The molecule has 1 atom stereocenters. The highest BCUT2D eigenvalue weighted by Crippen LogP contribution is 2.23. The van der Waals surface area contributed by atoms with E-state index in [9.17, 15) is 9.59 Å². The van der Waals surface area contributed by atoms with Gasteiger partial charge in [0.05, 0.1) is 11.6 Å². The lowest BCUT2D eigenvalue weighted by Gasteiger charge is -2.37. The quantitative estimate of drug-likeness (QED) is 0.791. The molecule has 0 saturated carbocycles. The molecule has 29 heavy (non-hydrogen) atoms. The zero-order valence-corrected chi connectivity index (χ0v) is 17.0. The number of carbonyl (C=O) groups excluding carboxylic acids is 1. The van der Waals surface area contributed by atoms with Crippen molar-refractivity contribution in [2.24, 2.45) is 11.8 Å². The van der Waals surface area contributed by atoms with Gasteiger partial charge < -0.3 is 9.80 Å². The maximum Gasteiger partial charge on any atom is 0.266 e. The summed E-state index contributed by atoms with van der Waals surface area (Å²) < 4.78 is 1.58. The molecular weight excluding hydrogens is 366 g/mol. The normalized spacial score (nSPS) is 21.3. The van der Waals surface area contributed by atoms with E-state index in [0.717, 1.165) is 63.1 Å². The summed E-state index contributed by atoms with van der Waals surface area (Å²) in [7, 11) is 2.09. The fraction of sp³-hybridized carbons (Fsp3) is 0.545. The van der Waals surface area contributed by atoms with Gasteiger partial charge in [-0.15, -0.1) is 0 Å². The minimum absolute atomic E-state index is 0.0773. The largest absolute Gasteiger partial charge is 0.342 e. The molecule has 2 saturated heterocycles. The number of hydrogen-bond acceptors (Lipinski definition) is 5. The van der Waals surface area contributed by atoms with Crippen molar-refractivity contribution in [1.29, 1.82) is 0 Å². The smallest absolute Gasteiger partial charge is 0.266 e. The van der Waals surface area contributed by atoms with Crippen molar-refractivity contribution in [3.05, 3.63) is 47.0 Å². The fourth-order valence-corrected chi connectivity index (χ4v) is 4.46. The van der Waals surface area contributed by atoms with E-state index >= 15 is 0 Å². The molecule has 0 bridgehead atoms. The molecule has 0 aliphatic carbocycles. The van der Waals surface area contributed by atoms with Crippen LogP contribution < -0.4 is 5.56 Å². The van der Waals surface area contributed by atoms with Crippen LogP contribution in [0.1, 0.15) is 25.7 Å². The van der Waals surface area contributed by atoms with Gasteiger partial charge in [-0.25, -0.2) is 4.68 Å².